The van der Waals surface area contributed by atoms with E-state index in [1.807, 2.05) is 36.4 Å². The molecule has 0 bridgehead atoms. The van der Waals surface area contributed by atoms with E-state index in [9.17, 15) is 0 Å². The van der Waals surface area contributed by atoms with Gasteiger partial charge in [-0.25, -0.2) is 4.98 Å². The molecule has 4 rings (SSSR count). The minimum Gasteiger partial charge on any atom is -0.302 e. The summed E-state index contributed by atoms with van der Waals surface area (Å²) in [6, 6.07) is 13.2. The highest BCUT2D eigenvalue weighted by atomic mass is 35.5. The number of thioether (sulfide) groups is 1. The third-order valence-electron chi connectivity index (χ3n) is 4.22. The van der Waals surface area contributed by atoms with Crippen molar-refractivity contribution in [3.63, 3.8) is 0 Å². The van der Waals surface area contributed by atoms with E-state index in [4.69, 9.17) is 39.8 Å². The third-order valence-corrected chi connectivity index (χ3v) is 7.21. The molecule has 148 valence electrons. The molecule has 0 radical (unpaired) electrons. The fourth-order valence-electron chi connectivity index (χ4n) is 2.80. The van der Waals surface area contributed by atoms with Crippen LogP contribution in [0, 0.1) is 0 Å². The molecule has 29 heavy (non-hydrogen) atoms. The molecular formula is C20H15Cl3N4S2. The van der Waals surface area contributed by atoms with Gasteiger partial charge >= 0.3 is 0 Å². The Kier molecular flexibility index (Phi) is 6.47. The summed E-state index contributed by atoms with van der Waals surface area (Å²) >= 11 is 21.7. The zero-order valence-corrected chi connectivity index (χ0v) is 19.2. The Hall–Kier alpha value is -1.57. The molecule has 4 aromatic rings. The molecule has 0 spiro atoms. The molecule has 0 amide bonds. The van der Waals surface area contributed by atoms with Crippen LogP contribution in [0.4, 0.5) is 0 Å². The van der Waals surface area contributed by atoms with Crippen LogP contribution in [0.2, 0.25) is 15.1 Å². The van der Waals surface area contributed by atoms with Crippen molar-refractivity contribution in [1.82, 2.24) is 19.7 Å². The van der Waals surface area contributed by atoms with E-state index >= 15 is 0 Å². The van der Waals surface area contributed by atoms with Crippen LogP contribution < -0.4 is 0 Å². The first kappa shape index (κ1) is 20.7. The summed E-state index contributed by atoms with van der Waals surface area (Å²) in [7, 11) is 0. The van der Waals surface area contributed by atoms with Crippen molar-refractivity contribution >= 4 is 57.9 Å². The summed E-state index contributed by atoms with van der Waals surface area (Å²) in [5, 5.41) is 14.3. The maximum absolute atomic E-state index is 6.28. The molecule has 0 saturated heterocycles. The van der Waals surface area contributed by atoms with Gasteiger partial charge in [0, 0.05) is 28.8 Å². The lowest BCUT2D eigenvalue weighted by atomic mass is 10.2. The number of nitrogens with zero attached hydrogens (tertiary/aromatic N) is 4. The Bertz CT molecular complexity index is 1160. The van der Waals surface area contributed by atoms with Crippen molar-refractivity contribution in [2.75, 3.05) is 0 Å². The van der Waals surface area contributed by atoms with Gasteiger partial charge in [0.25, 0.3) is 0 Å². The average Bonchev–Trinajstić information content (AvgIpc) is 3.35. The first-order chi connectivity index (χ1) is 14.1. The summed E-state index contributed by atoms with van der Waals surface area (Å²) in [6.45, 7) is 2.81. The number of aromatic nitrogens is 4. The Morgan fingerprint density at radius 1 is 1.00 bits per heavy atom. The van der Waals surface area contributed by atoms with Gasteiger partial charge in [-0.2, -0.15) is 0 Å². The van der Waals surface area contributed by atoms with E-state index < -0.39 is 0 Å². The summed E-state index contributed by atoms with van der Waals surface area (Å²) in [5.74, 6) is 1.46. The largest absolute Gasteiger partial charge is 0.302 e. The average molecular weight is 482 g/mol. The van der Waals surface area contributed by atoms with Gasteiger partial charge in [-0.3, -0.25) is 0 Å². The fourth-order valence-corrected chi connectivity index (χ4v) is 5.24. The van der Waals surface area contributed by atoms with E-state index in [1.165, 1.54) is 0 Å². The van der Waals surface area contributed by atoms with Gasteiger partial charge in [0.15, 0.2) is 11.0 Å². The molecule has 2 aromatic carbocycles. The van der Waals surface area contributed by atoms with Gasteiger partial charge in [0.2, 0.25) is 0 Å². The first-order valence-corrected chi connectivity index (χ1v) is 11.8. The van der Waals surface area contributed by atoms with Crippen LogP contribution in [0.3, 0.4) is 0 Å². The smallest absolute Gasteiger partial charge is 0.191 e. The molecule has 4 nitrogen and oxygen atoms in total. The minimum atomic E-state index is 0.499. The second-order valence-electron chi connectivity index (χ2n) is 6.09. The van der Waals surface area contributed by atoms with Gasteiger partial charge in [0.05, 0.1) is 20.8 Å². The number of benzene rings is 2. The van der Waals surface area contributed by atoms with Crippen molar-refractivity contribution < 1.29 is 0 Å². The van der Waals surface area contributed by atoms with Gasteiger partial charge in [0.1, 0.15) is 5.01 Å². The lowest BCUT2D eigenvalue weighted by Crippen LogP contribution is -2.00. The van der Waals surface area contributed by atoms with Crippen LogP contribution in [0.1, 0.15) is 12.6 Å². The highest BCUT2D eigenvalue weighted by Gasteiger charge is 2.15. The van der Waals surface area contributed by atoms with Crippen molar-refractivity contribution in [1.29, 1.82) is 0 Å². The Labute approximate surface area is 191 Å². The maximum atomic E-state index is 6.28. The molecule has 2 heterocycles. The minimum absolute atomic E-state index is 0.499. The summed E-state index contributed by atoms with van der Waals surface area (Å²) < 4.78 is 2.06. The number of hydrogen-bond acceptors (Lipinski definition) is 5. The van der Waals surface area contributed by atoms with Gasteiger partial charge in [-0.15, -0.1) is 21.5 Å². The Morgan fingerprint density at radius 2 is 1.83 bits per heavy atom. The van der Waals surface area contributed by atoms with E-state index in [2.05, 4.69) is 27.1 Å². The Balaban J connectivity index is 1.53. The number of rotatable bonds is 6. The first-order valence-electron chi connectivity index (χ1n) is 8.77. The predicted octanol–water partition coefficient (Wildman–Crippen LogP) is 7.34. The van der Waals surface area contributed by atoms with Crippen LogP contribution in [-0.2, 0) is 12.3 Å². The van der Waals surface area contributed by atoms with E-state index in [1.54, 1.807) is 29.2 Å². The highest BCUT2D eigenvalue weighted by Crippen LogP contribution is 2.33. The van der Waals surface area contributed by atoms with Crippen molar-refractivity contribution in [3.05, 3.63) is 68.6 Å². The normalized spacial score (nSPS) is 11.2. The summed E-state index contributed by atoms with van der Waals surface area (Å²) in [6.07, 6.45) is 0. The highest BCUT2D eigenvalue weighted by molar-refractivity contribution is 7.98. The molecule has 0 aliphatic rings. The summed E-state index contributed by atoms with van der Waals surface area (Å²) in [5.41, 5.74) is 2.82. The van der Waals surface area contributed by atoms with Crippen LogP contribution >= 0.6 is 57.9 Å². The molecular weight excluding hydrogens is 467 g/mol. The SMILES string of the molecule is CCn1c(SCc2csc(-c3ccccc3Cl)n2)nnc1-c1ccc(Cl)c(Cl)c1. The van der Waals surface area contributed by atoms with Crippen molar-refractivity contribution in [2.24, 2.45) is 0 Å². The van der Waals surface area contributed by atoms with E-state index in [0.717, 1.165) is 39.4 Å². The van der Waals surface area contributed by atoms with Crippen molar-refractivity contribution in [2.45, 2.75) is 24.4 Å². The van der Waals surface area contributed by atoms with Crippen LogP contribution in [0.15, 0.2) is 53.0 Å². The lowest BCUT2D eigenvalue weighted by molar-refractivity contribution is 0.687. The predicted molar refractivity (Wildman–Crippen MR) is 123 cm³/mol. The van der Waals surface area contributed by atoms with Crippen molar-refractivity contribution in [3.8, 4) is 22.0 Å². The second kappa shape index (κ2) is 9.06. The molecule has 0 N–H and O–H groups in total. The standard InChI is InChI=1S/C20H15Cl3N4S2/c1-2-27-18(12-7-8-16(22)17(23)9-12)25-26-20(27)29-11-13-10-28-19(24-13)14-5-3-4-6-15(14)21/h3-10H,2,11H2,1H3. The molecule has 0 saturated carbocycles. The molecule has 0 atom stereocenters. The topological polar surface area (TPSA) is 43.6 Å². The summed E-state index contributed by atoms with van der Waals surface area (Å²) in [4.78, 5) is 4.72. The number of hydrogen-bond donors (Lipinski definition) is 0. The second-order valence-corrected chi connectivity index (χ2v) is 9.11. The zero-order valence-electron chi connectivity index (χ0n) is 15.3. The molecule has 0 aliphatic carbocycles. The zero-order chi connectivity index (χ0) is 20.4. The van der Waals surface area contributed by atoms with E-state index in [-0.39, 0.29) is 0 Å². The van der Waals surface area contributed by atoms with Gasteiger partial charge in [-0.1, -0.05) is 64.8 Å². The molecule has 2 aromatic heterocycles. The van der Waals surface area contributed by atoms with E-state index in [0.29, 0.717) is 20.8 Å². The third kappa shape index (κ3) is 4.47. The number of thiazole rings is 1. The van der Waals surface area contributed by atoms with Crippen LogP contribution in [0.25, 0.3) is 22.0 Å². The van der Waals surface area contributed by atoms with Crippen LogP contribution in [-0.4, -0.2) is 19.7 Å². The molecule has 0 fully saturated rings. The molecule has 0 aliphatic heterocycles. The quantitative estimate of drug-likeness (QED) is 0.270. The maximum Gasteiger partial charge on any atom is 0.191 e. The lowest BCUT2D eigenvalue weighted by Gasteiger charge is -2.07. The molecule has 0 unspecified atom stereocenters. The monoisotopic (exact) mass is 480 g/mol. The number of halogens is 3. The molecule has 9 heteroatoms. The fraction of sp³-hybridized carbons (Fsp3) is 0.150. The van der Waals surface area contributed by atoms with Gasteiger partial charge in [-0.05, 0) is 31.2 Å². The van der Waals surface area contributed by atoms with Gasteiger partial charge < -0.3 is 4.57 Å². The Morgan fingerprint density at radius 3 is 2.59 bits per heavy atom. The van der Waals surface area contributed by atoms with Crippen LogP contribution in [0.5, 0.6) is 0 Å².